The number of rotatable bonds is 2. The lowest BCUT2D eigenvalue weighted by molar-refractivity contribution is -0.132. The van der Waals surface area contributed by atoms with E-state index in [0.29, 0.717) is 6.54 Å². The lowest BCUT2D eigenvalue weighted by Crippen LogP contribution is -2.42. The molecule has 1 amide bonds. The van der Waals surface area contributed by atoms with Gasteiger partial charge in [-0.15, -0.1) is 11.6 Å². The maximum absolute atomic E-state index is 13.4. The number of hydrogen-bond acceptors (Lipinski definition) is 1. The van der Waals surface area contributed by atoms with Crippen LogP contribution in [0.4, 0.5) is 4.39 Å². The second-order valence-electron chi connectivity index (χ2n) is 5.00. The van der Waals surface area contributed by atoms with Crippen LogP contribution in [0.25, 0.3) is 0 Å². The number of carbonyl (C=O) groups excluding carboxylic acids is 1. The van der Waals surface area contributed by atoms with Gasteiger partial charge in [0, 0.05) is 6.54 Å². The number of hydrogen-bond donors (Lipinski definition) is 0. The first-order valence-electron chi connectivity index (χ1n) is 6.18. The highest BCUT2D eigenvalue weighted by atomic mass is 35.5. The standard InChI is InChI=1S/C14H17ClFNO/c1-9(2)14-12-7-11(16)4-3-10(12)5-6-17(14)13(18)8-15/h3-4,7,9,14H,5-6,8H2,1-2H3. The van der Waals surface area contributed by atoms with E-state index in [9.17, 15) is 9.18 Å². The summed E-state index contributed by atoms with van der Waals surface area (Å²) in [5, 5.41) is 0. The third-order valence-electron chi connectivity index (χ3n) is 3.45. The van der Waals surface area contributed by atoms with Crippen LogP contribution in [0, 0.1) is 11.7 Å². The molecule has 0 radical (unpaired) electrons. The second-order valence-corrected chi connectivity index (χ2v) is 5.27. The van der Waals surface area contributed by atoms with Gasteiger partial charge in [-0.2, -0.15) is 0 Å². The van der Waals surface area contributed by atoms with Crippen LogP contribution >= 0.6 is 11.6 Å². The van der Waals surface area contributed by atoms with Crippen molar-refractivity contribution in [3.8, 4) is 0 Å². The van der Waals surface area contributed by atoms with Gasteiger partial charge in [-0.3, -0.25) is 4.79 Å². The molecular formula is C14H17ClFNO. The maximum atomic E-state index is 13.4. The summed E-state index contributed by atoms with van der Waals surface area (Å²) in [6.45, 7) is 4.74. The Balaban J connectivity index is 2.44. The number of halogens is 2. The summed E-state index contributed by atoms with van der Waals surface area (Å²) in [4.78, 5) is 13.7. The molecule has 0 N–H and O–H groups in total. The van der Waals surface area contributed by atoms with Crippen LogP contribution in [0.2, 0.25) is 0 Å². The van der Waals surface area contributed by atoms with Gasteiger partial charge in [-0.1, -0.05) is 19.9 Å². The van der Waals surface area contributed by atoms with Crippen molar-refractivity contribution in [1.29, 1.82) is 0 Å². The number of carbonyl (C=O) groups is 1. The number of amides is 1. The van der Waals surface area contributed by atoms with Crippen LogP contribution in [0.1, 0.15) is 31.0 Å². The first-order valence-corrected chi connectivity index (χ1v) is 6.71. The van der Waals surface area contributed by atoms with Crippen molar-refractivity contribution in [2.75, 3.05) is 12.4 Å². The van der Waals surface area contributed by atoms with Gasteiger partial charge < -0.3 is 4.90 Å². The third kappa shape index (κ3) is 2.37. The zero-order valence-corrected chi connectivity index (χ0v) is 11.4. The van der Waals surface area contributed by atoms with Gasteiger partial charge in [0.1, 0.15) is 11.7 Å². The topological polar surface area (TPSA) is 20.3 Å². The van der Waals surface area contributed by atoms with E-state index in [2.05, 4.69) is 0 Å². The molecule has 1 unspecified atom stereocenters. The molecule has 2 nitrogen and oxygen atoms in total. The Morgan fingerprint density at radius 2 is 2.28 bits per heavy atom. The number of alkyl halides is 1. The van der Waals surface area contributed by atoms with Gasteiger partial charge in [-0.05, 0) is 35.6 Å². The second kappa shape index (κ2) is 5.27. The molecule has 0 bridgehead atoms. The molecule has 0 saturated carbocycles. The highest BCUT2D eigenvalue weighted by Crippen LogP contribution is 2.35. The molecular weight excluding hydrogens is 253 g/mol. The van der Waals surface area contributed by atoms with Crippen LogP contribution in [-0.4, -0.2) is 23.2 Å². The fourth-order valence-corrected chi connectivity index (χ4v) is 2.85. The lowest BCUT2D eigenvalue weighted by atomic mass is 9.86. The van der Waals surface area contributed by atoms with E-state index in [-0.39, 0.29) is 29.6 Å². The minimum absolute atomic E-state index is 0.0200. The number of fused-ring (bicyclic) bond motifs is 1. The summed E-state index contributed by atoms with van der Waals surface area (Å²) in [5.74, 6) is -0.115. The van der Waals surface area contributed by atoms with Crippen molar-refractivity contribution in [3.05, 3.63) is 35.1 Å². The minimum atomic E-state index is -0.250. The Hall–Kier alpha value is -1.09. The molecule has 1 aliphatic heterocycles. The van der Waals surface area contributed by atoms with Crippen LogP contribution < -0.4 is 0 Å². The van der Waals surface area contributed by atoms with E-state index in [1.807, 2.05) is 19.9 Å². The zero-order valence-electron chi connectivity index (χ0n) is 10.6. The van der Waals surface area contributed by atoms with Crippen molar-refractivity contribution in [1.82, 2.24) is 4.90 Å². The SMILES string of the molecule is CC(C)C1c2cc(F)ccc2CCN1C(=O)CCl. The van der Waals surface area contributed by atoms with E-state index in [1.165, 1.54) is 6.07 Å². The molecule has 0 spiro atoms. The summed E-state index contributed by atoms with van der Waals surface area (Å²) in [6, 6.07) is 4.78. The van der Waals surface area contributed by atoms with Crippen molar-refractivity contribution >= 4 is 17.5 Å². The van der Waals surface area contributed by atoms with Crippen LogP contribution in [-0.2, 0) is 11.2 Å². The van der Waals surface area contributed by atoms with Crippen LogP contribution in [0.3, 0.4) is 0 Å². The normalized spacial score (nSPS) is 18.9. The predicted octanol–water partition coefficient (Wildman–Crippen LogP) is 3.15. The fraction of sp³-hybridized carbons (Fsp3) is 0.500. The molecule has 4 heteroatoms. The van der Waals surface area contributed by atoms with Crippen LogP contribution in [0.5, 0.6) is 0 Å². The average molecular weight is 270 g/mol. The number of benzene rings is 1. The van der Waals surface area contributed by atoms with E-state index in [1.54, 1.807) is 11.0 Å². The Morgan fingerprint density at radius 3 is 2.89 bits per heavy atom. The summed E-state index contributed by atoms with van der Waals surface area (Å²) in [7, 11) is 0. The van der Waals surface area contributed by atoms with E-state index in [0.717, 1.165) is 17.5 Å². The number of nitrogens with zero attached hydrogens (tertiary/aromatic N) is 1. The van der Waals surface area contributed by atoms with Crippen molar-refractivity contribution < 1.29 is 9.18 Å². The Labute approximate surface area is 112 Å². The highest BCUT2D eigenvalue weighted by Gasteiger charge is 2.32. The summed E-state index contributed by atoms with van der Waals surface area (Å²) >= 11 is 5.65. The van der Waals surface area contributed by atoms with Crippen molar-refractivity contribution in [2.24, 2.45) is 5.92 Å². The molecule has 18 heavy (non-hydrogen) atoms. The monoisotopic (exact) mass is 269 g/mol. The maximum Gasteiger partial charge on any atom is 0.238 e. The van der Waals surface area contributed by atoms with Gasteiger partial charge in [0.25, 0.3) is 0 Å². The Kier molecular flexibility index (Phi) is 3.91. The quantitative estimate of drug-likeness (QED) is 0.756. The molecule has 0 aliphatic carbocycles. The van der Waals surface area contributed by atoms with E-state index in [4.69, 9.17) is 11.6 Å². The molecule has 0 aromatic heterocycles. The minimum Gasteiger partial charge on any atom is -0.334 e. The molecule has 1 aromatic carbocycles. The van der Waals surface area contributed by atoms with Gasteiger partial charge in [0.15, 0.2) is 0 Å². The van der Waals surface area contributed by atoms with Gasteiger partial charge in [-0.25, -0.2) is 4.39 Å². The van der Waals surface area contributed by atoms with E-state index >= 15 is 0 Å². The average Bonchev–Trinajstić information content (AvgIpc) is 2.35. The molecule has 0 saturated heterocycles. The fourth-order valence-electron chi connectivity index (χ4n) is 2.69. The molecule has 1 aliphatic rings. The first kappa shape index (κ1) is 13.3. The highest BCUT2D eigenvalue weighted by molar-refractivity contribution is 6.27. The lowest BCUT2D eigenvalue weighted by Gasteiger charge is -2.39. The predicted molar refractivity (Wildman–Crippen MR) is 70.1 cm³/mol. The zero-order chi connectivity index (χ0) is 13.3. The largest absolute Gasteiger partial charge is 0.334 e. The van der Waals surface area contributed by atoms with Gasteiger partial charge >= 0.3 is 0 Å². The molecule has 1 heterocycles. The summed E-state index contributed by atoms with van der Waals surface area (Å²) < 4.78 is 13.4. The molecule has 1 aromatic rings. The molecule has 98 valence electrons. The summed E-state index contributed by atoms with van der Waals surface area (Å²) in [6.07, 6.45) is 0.765. The van der Waals surface area contributed by atoms with Gasteiger partial charge in [0.2, 0.25) is 5.91 Å². The molecule has 1 atom stereocenters. The third-order valence-corrected chi connectivity index (χ3v) is 3.68. The first-order chi connectivity index (χ1) is 8.54. The molecule has 2 rings (SSSR count). The smallest absolute Gasteiger partial charge is 0.238 e. The van der Waals surface area contributed by atoms with Crippen molar-refractivity contribution in [3.63, 3.8) is 0 Å². The summed E-state index contributed by atoms with van der Waals surface area (Å²) in [5.41, 5.74) is 2.06. The van der Waals surface area contributed by atoms with Crippen LogP contribution in [0.15, 0.2) is 18.2 Å². The van der Waals surface area contributed by atoms with Crippen molar-refractivity contribution in [2.45, 2.75) is 26.3 Å². The van der Waals surface area contributed by atoms with E-state index < -0.39 is 0 Å². The Morgan fingerprint density at radius 1 is 1.56 bits per heavy atom. The Bertz CT molecular complexity index is 461. The van der Waals surface area contributed by atoms with Gasteiger partial charge in [0.05, 0.1) is 6.04 Å². The molecule has 0 fully saturated rings.